The third kappa shape index (κ3) is 4.54. The van der Waals surface area contributed by atoms with Crippen LogP contribution < -0.4 is 11.1 Å². The number of nitrogens with one attached hydrogen (secondary N) is 1. The second-order valence-electron chi connectivity index (χ2n) is 9.93. The van der Waals surface area contributed by atoms with Crippen molar-refractivity contribution in [3.8, 4) is 0 Å². The Hall–Kier alpha value is -1.83. The van der Waals surface area contributed by atoms with Gasteiger partial charge in [-0.2, -0.15) is 0 Å². The molecule has 2 rings (SSSR count). The minimum absolute atomic E-state index is 0.191. The predicted octanol–water partition coefficient (Wildman–Crippen LogP) is 1.72. The van der Waals surface area contributed by atoms with Gasteiger partial charge in [0.2, 0.25) is 5.91 Å². The zero-order chi connectivity index (χ0) is 20.8. The molecule has 27 heavy (non-hydrogen) atoms. The average molecular weight is 383 g/mol. The van der Waals surface area contributed by atoms with Gasteiger partial charge in [0.1, 0.15) is 17.7 Å². The van der Waals surface area contributed by atoms with Gasteiger partial charge in [-0.15, -0.1) is 0 Å². The highest BCUT2D eigenvalue weighted by Crippen LogP contribution is 2.44. The minimum Gasteiger partial charge on any atom is -0.480 e. The number of carboxylic acids is 1. The Kier molecular flexibility index (Phi) is 5.54. The maximum absolute atomic E-state index is 13.3. The van der Waals surface area contributed by atoms with Crippen LogP contribution in [0.3, 0.4) is 0 Å². The largest absolute Gasteiger partial charge is 0.480 e. The van der Waals surface area contributed by atoms with E-state index in [2.05, 4.69) is 5.32 Å². The summed E-state index contributed by atoms with van der Waals surface area (Å²) >= 11 is 0. The molecule has 0 bridgehead atoms. The molecule has 1 aliphatic heterocycles. The Morgan fingerprint density at radius 1 is 1.22 bits per heavy atom. The number of aliphatic carboxylic acids is 1. The summed E-state index contributed by atoms with van der Waals surface area (Å²) in [6, 6.07) is -1.88. The van der Waals surface area contributed by atoms with Gasteiger partial charge in [-0.25, -0.2) is 9.59 Å². The quantitative estimate of drug-likeness (QED) is 0.682. The molecule has 4 N–H and O–H groups in total. The number of likely N-dealkylation sites (tertiary alicyclic amines) is 1. The van der Waals surface area contributed by atoms with Gasteiger partial charge < -0.3 is 25.8 Å². The van der Waals surface area contributed by atoms with Crippen molar-refractivity contribution >= 4 is 18.0 Å². The van der Waals surface area contributed by atoms with Crippen LogP contribution >= 0.6 is 0 Å². The number of nitrogens with two attached hydrogens (primary N) is 1. The fraction of sp³-hybridized carbons (Fsp3) is 0.842. The number of carboxylic acid groups (broad SMARTS) is 1. The molecule has 1 heterocycles. The molecule has 4 atom stereocenters. The van der Waals surface area contributed by atoms with Gasteiger partial charge in [-0.3, -0.25) is 4.79 Å². The van der Waals surface area contributed by atoms with Crippen molar-refractivity contribution in [1.29, 1.82) is 0 Å². The van der Waals surface area contributed by atoms with E-state index in [0.717, 1.165) is 6.42 Å². The molecule has 0 aromatic rings. The smallest absolute Gasteiger partial charge is 0.408 e. The normalized spacial score (nSPS) is 29.2. The summed E-state index contributed by atoms with van der Waals surface area (Å²) in [6.07, 6.45) is 1.55. The second-order valence-corrected chi connectivity index (χ2v) is 9.93. The maximum atomic E-state index is 13.3. The molecule has 2 fully saturated rings. The molecule has 1 saturated carbocycles. The zero-order valence-electron chi connectivity index (χ0n) is 17.2. The summed E-state index contributed by atoms with van der Waals surface area (Å²) in [5.74, 6) is -1.74. The highest BCUT2D eigenvalue weighted by Gasteiger charge is 2.58. The summed E-state index contributed by atoms with van der Waals surface area (Å²) in [7, 11) is 0. The number of ether oxygens (including phenoxy) is 1. The van der Waals surface area contributed by atoms with Crippen LogP contribution in [-0.4, -0.2) is 57.7 Å². The number of rotatable bonds is 3. The molecule has 1 aliphatic carbocycles. The van der Waals surface area contributed by atoms with Gasteiger partial charge >= 0.3 is 12.1 Å². The SMILES string of the molecule is CC(C)(C)OC(=O)N[C@H](C(=O)N1C[C@]2(N)CCC[C@@H]2[C@H]1C(=O)O)C(C)(C)C. The van der Waals surface area contributed by atoms with E-state index in [0.29, 0.717) is 12.8 Å². The standard InChI is InChI=1S/C19H33N3O5/c1-17(2,3)13(21-16(26)27-18(4,5)6)14(23)22-10-19(20)9-7-8-11(19)12(22)15(24)25/h11-13H,7-10,20H2,1-6H3,(H,21,26)(H,24,25)/t11-,12+,13-,19-/m1/s1. The molecule has 2 amide bonds. The second kappa shape index (κ2) is 6.96. The number of fused-ring (bicyclic) bond motifs is 1. The fourth-order valence-electron chi connectivity index (χ4n) is 4.19. The number of hydrogen-bond donors (Lipinski definition) is 3. The first-order valence-corrected chi connectivity index (χ1v) is 9.47. The maximum Gasteiger partial charge on any atom is 0.408 e. The zero-order valence-corrected chi connectivity index (χ0v) is 17.2. The Bertz CT molecular complexity index is 622. The lowest BCUT2D eigenvalue weighted by molar-refractivity contribution is -0.151. The van der Waals surface area contributed by atoms with E-state index in [1.54, 1.807) is 20.8 Å². The van der Waals surface area contributed by atoms with E-state index in [-0.39, 0.29) is 12.5 Å². The lowest BCUT2D eigenvalue weighted by Crippen LogP contribution is -2.58. The number of amides is 2. The van der Waals surface area contributed by atoms with Gasteiger partial charge in [0.25, 0.3) is 0 Å². The highest BCUT2D eigenvalue weighted by molar-refractivity contribution is 5.91. The summed E-state index contributed by atoms with van der Waals surface area (Å²) < 4.78 is 5.28. The molecule has 0 aromatic heterocycles. The fourth-order valence-corrected chi connectivity index (χ4v) is 4.19. The Balaban J connectivity index is 2.27. The molecule has 0 aromatic carbocycles. The van der Waals surface area contributed by atoms with Crippen LogP contribution in [0.25, 0.3) is 0 Å². The minimum atomic E-state index is -1.05. The van der Waals surface area contributed by atoms with Crippen LogP contribution in [-0.2, 0) is 14.3 Å². The molecule has 2 aliphatic rings. The van der Waals surface area contributed by atoms with Crippen molar-refractivity contribution in [2.75, 3.05) is 6.54 Å². The van der Waals surface area contributed by atoms with Crippen LogP contribution in [0.5, 0.6) is 0 Å². The third-order valence-electron chi connectivity index (χ3n) is 5.39. The number of hydrogen-bond acceptors (Lipinski definition) is 5. The van der Waals surface area contributed by atoms with E-state index in [4.69, 9.17) is 10.5 Å². The van der Waals surface area contributed by atoms with Crippen LogP contribution in [0.1, 0.15) is 60.8 Å². The van der Waals surface area contributed by atoms with Gasteiger partial charge in [0.15, 0.2) is 0 Å². The molecule has 8 heteroatoms. The highest BCUT2D eigenvalue weighted by atomic mass is 16.6. The van der Waals surface area contributed by atoms with Crippen LogP contribution in [0.4, 0.5) is 4.79 Å². The monoisotopic (exact) mass is 383 g/mol. The van der Waals surface area contributed by atoms with E-state index in [1.165, 1.54) is 4.90 Å². The summed E-state index contributed by atoms with van der Waals surface area (Å²) in [4.78, 5) is 38.9. The lowest BCUT2D eigenvalue weighted by Gasteiger charge is -2.35. The van der Waals surface area contributed by atoms with Crippen molar-refractivity contribution in [2.24, 2.45) is 17.1 Å². The molecule has 8 nitrogen and oxygen atoms in total. The number of carbonyl (C=O) groups excluding carboxylic acids is 2. The Morgan fingerprint density at radius 3 is 2.30 bits per heavy atom. The van der Waals surface area contributed by atoms with E-state index >= 15 is 0 Å². The molecule has 1 saturated heterocycles. The van der Waals surface area contributed by atoms with E-state index in [1.807, 2.05) is 20.8 Å². The molecule has 154 valence electrons. The molecule has 0 unspecified atom stereocenters. The van der Waals surface area contributed by atoms with Crippen LogP contribution in [0.15, 0.2) is 0 Å². The molecular weight excluding hydrogens is 350 g/mol. The molecule has 0 spiro atoms. The molecular formula is C19H33N3O5. The van der Waals surface area contributed by atoms with Gasteiger partial charge in [-0.1, -0.05) is 27.2 Å². The van der Waals surface area contributed by atoms with E-state index in [9.17, 15) is 19.5 Å². The van der Waals surface area contributed by atoms with E-state index < -0.39 is 46.6 Å². The van der Waals surface area contributed by atoms with Crippen molar-refractivity contribution in [3.05, 3.63) is 0 Å². The lowest BCUT2D eigenvalue weighted by atomic mass is 9.85. The number of carbonyl (C=O) groups is 3. The third-order valence-corrected chi connectivity index (χ3v) is 5.39. The van der Waals surface area contributed by atoms with Crippen molar-refractivity contribution in [1.82, 2.24) is 10.2 Å². The first-order valence-electron chi connectivity index (χ1n) is 9.47. The van der Waals surface area contributed by atoms with Gasteiger partial charge in [0.05, 0.1) is 0 Å². The van der Waals surface area contributed by atoms with Crippen LogP contribution in [0, 0.1) is 11.3 Å². The number of alkyl carbamates (subject to hydrolysis) is 1. The van der Waals surface area contributed by atoms with Gasteiger partial charge in [0, 0.05) is 18.0 Å². The summed E-state index contributed by atoms with van der Waals surface area (Å²) in [5, 5.41) is 12.4. The van der Waals surface area contributed by atoms with Crippen LogP contribution in [0.2, 0.25) is 0 Å². The predicted molar refractivity (Wildman–Crippen MR) is 100 cm³/mol. The first-order chi connectivity index (χ1) is 12.2. The summed E-state index contributed by atoms with van der Waals surface area (Å²) in [6.45, 7) is 10.9. The Labute approximate surface area is 160 Å². The number of nitrogens with zero attached hydrogens (tertiary/aromatic N) is 1. The average Bonchev–Trinajstić information content (AvgIpc) is 2.94. The summed E-state index contributed by atoms with van der Waals surface area (Å²) in [5.41, 5.74) is 4.44. The van der Waals surface area contributed by atoms with Crippen molar-refractivity contribution in [2.45, 2.75) is 84.0 Å². The topological polar surface area (TPSA) is 122 Å². The van der Waals surface area contributed by atoms with Crippen molar-refractivity contribution < 1.29 is 24.2 Å². The molecule has 0 radical (unpaired) electrons. The first kappa shape index (κ1) is 21.5. The van der Waals surface area contributed by atoms with Gasteiger partial charge in [-0.05, 0) is 39.0 Å². The van der Waals surface area contributed by atoms with Crippen molar-refractivity contribution in [3.63, 3.8) is 0 Å². The Morgan fingerprint density at radius 2 is 1.81 bits per heavy atom.